The van der Waals surface area contributed by atoms with Crippen LogP contribution in [0.25, 0.3) is 0 Å². The number of aryl methyl sites for hydroxylation is 1. The number of carbonyl (C=O) groups is 3. The summed E-state index contributed by atoms with van der Waals surface area (Å²) in [4.78, 5) is 43.2. The zero-order valence-electron chi connectivity index (χ0n) is 19.7. The molecule has 182 valence electrons. The lowest BCUT2D eigenvalue weighted by Crippen LogP contribution is -2.38. The number of amides is 2. The van der Waals surface area contributed by atoms with Crippen molar-refractivity contribution in [2.75, 3.05) is 24.7 Å². The smallest absolute Gasteiger partial charge is 0.273 e. The monoisotopic (exact) mass is 477 g/mol. The van der Waals surface area contributed by atoms with Crippen molar-refractivity contribution in [3.05, 3.63) is 71.4 Å². The number of rotatable bonds is 10. The summed E-state index contributed by atoms with van der Waals surface area (Å²) in [5.41, 5.74) is 2.07. The Morgan fingerprint density at radius 3 is 2.83 bits per heavy atom. The Kier molecular flexibility index (Phi) is 7.45. The van der Waals surface area contributed by atoms with Gasteiger partial charge in [0.2, 0.25) is 5.89 Å². The Labute approximate surface area is 203 Å². The number of carbonyl (C=O) groups excluding carboxylic acids is 3. The van der Waals surface area contributed by atoms with Crippen LogP contribution >= 0.6 is 0 Å². The first-order valence-corrected chi connectivity index (χ1v) is 11.5. The van der Waals surface area contributed by atoms with Crippen molar-refractivity contribution >= 4 is 23.3 Å². The summed E-state index contributed by atoms with van der Waals surface area (Å²) in [6, 6.07) is 12.5. The molecule has 0 radical (unpaired) electrons. The third-order valence-corrected chi connectivity index (χ3v) is 5.51. The molecule has 2 amide bonds. The summed E-state index contributed by atoms with van der Waals surface area (Å²) in [7, 11) is 0. The van der Waals surface area contributed by atoms with Gasteiger partial charge in [-0.2, -0.15) is 0 Å². The average molecular weight is 478 g/mol. The largest absolute Gasteiger partial charge is 0.485 e. The second-order valence-corrected chi connectivity index (χ2v) is 8.05. The van der Waals surface area contributed by atoms with Crippen LogP contribution in [0.3, 0.4) is 0 Å². The molecule has 9 nitrogen and oxygen atoms in total. The van der Waals surface area contributed by atoms with Gasteiger partial charge in [-0.15, -0.1) is 0 Å². The predicted octanol–water partition coefficient (Wildman–Crippen LogP) is 3.56. The highest BCUT2D eigenvalue weighted by atomic mass is 16.5. The number of ether oxygens (including phenoxy) is 2. The first-order valence-electron chi connectivity index (χ1n) is 11.5. The Hall–Kier alpha value is -4.14. The molecule has 0 saturated carbocycles. The Balaban J connectivity index is 1.48. The van der Waals surface area contributed by atoms with Crippen LogP contribution in [0.1, 0.15) is 52.6 Å². The van der Waals surface area contributed by atoms with Gasteiger partial charge in [0.05, 0.1) is 5.69 Å². The minimum Gasteiger partial charge on any atom is -0.485 e. The molecule has 0 saturated heterocycles. The van der Waals surface area contributed by atoms with Crippen molar-refractivity contribution < 1.29 is 28.3 Å². The molecule has 0 atom stereocenters. The normalized spacial score (nSPS) is 12.6. The van der Waals surface area contributed by atoms with Gasteiger partial charge in [-0.25, -0.2) is 4.98 Å². The molecular formula is C26H27N3O6. The van der Waals surface area contributed by atoms with E-state index < -0.39 is 0 Å². The molecule has 0 unspecified atom stereocenters. The molecule has 1 N–H and O–H groups in total. The molecule has 0 aliphatic carbocycles. The van der Waals surface area contributed by atoms with Gasteiger partial charge in [-0.3, -0.25) is 19.3 Å². The number of ketones is 1. The third-order valence-electron chi connectivity index (χ3n) is 5.51. The zero-order chi connectivity index (χ0) is 24.8. The number of fused-ring (bicyclic) bond motifs is 1. The lowest BCUT2D eigenvalue weighted by Gasteiger charge is -2.28. The SMILES string of the molecule is CCCNC(=O)c1coc(CN2C(=O)COc3ccc(C(=O)COc4cccc(CC)c4)cc32)n1. The lowest BCUT2D eigenvalue weighted by molar-refractivity contribution is -0.121. The number of anilines is 1. The highest BCUT2D eigenvalue weighted by Crippen LogP contribution is 2.34. The van der Waals surface area contributed by atoms with Crippen LogP contribution in [0.15, 0.2) is 53.1 Å². The summed E-state index contributed by atoms with van der Waals surface area (Å²) < 4.78 is 16.6. The quantitative estimate of drug-likeness (QED) is 0.445. The maximum Gasteiger partial charge on any atom is 0.273 e. The average Bonchev–Trinajstić information content (AvgIpc) is 3.36. The molecule has 1 aliphatic heterocycles. The fraction of sp³-hybridized carbons (Fsp3) is 0.308. The van der Waals surface area contributed by atoms with Gasteiger partial charge in [0, 0.05) is 12.1 Å². The first kappa shape index (κ1) is 24.0. The van der Waals surface area contributed by atoms with Crippen molar-refractivity contribution in [3.8, 4) is 11.5 Å². The van der Waals surface area contributed by atoms with Crippen molar-refractivity contribution in [2.45, 2.75) is 33.2 Å². The summed E-state index contributed by atoms with van der Waals surface area (Å²) in [5.74, 6) is 0.392. The molecule has 1 aliphatic rings. The number of Topliss-reactive ketones (excluding diaryl/α,β-unsaturated/α-hetero) is 1. The fourth-order valence-electron chi connectivity index (χ4n) is 3.59. The van der Waals surface area contributed by atoms with Gasteiger partial charge in [0.25, 0.3) is 11.8 Å². The highest BCUT2D eigenvalue weighted by Gasteiger charge is 2.28. The topological polar surface area (TPSA) is 111 Å². The predicted molar refractivity (Wildman–Crippen MR) is 128 cm³/mol. The van der Waals surface area contributed by atoms with Crippen LogP contribution in [0, 0.1) is 0 Å². The van der Waals surface area contributed by atoms with Crippen LogP contribution in [0.2, 0.25) is 0 Å². The maximum atomic E-state index is 12.8. The van der Waals surface area contributed by atoms with Crippen LogP contribution in [-0.2, 0) is 17.8 Å². The molecule has 3 aromatic rings. The van der Waals surface area contributed by atoms with Crippen molar-refractivity contribution in [1.29, 1.82) is 0 Å². The van der Waals surface area contributed by atoms with E-state index in [9.17, 15) is 14.4 Å². The second-order valence-electron chi connectivity index (χ2n) is 8.05. The minimum atomic E-state index is -0.340. The second kappa shape index (κ2) is 10.9. The number of aromatic nitrogens is 1. The minimum absolute atomic E-state index is 0.00575. The third kappa shape index (κ3) is 5.68. The van der Waals surface area contributed by atoms with Crippen LogP contribution in [0.4, 0.5) is 5.69 Å². The Morgan fingerprint density at radius 1 is 1.17 bits per heavy atom. The molecule has 35 heavy (non-hydrogen) atoms. The molecule has 1 aromatic heterocycles. The number of nitrogens with zero attached hydrogens (tertiary/aromatic N) is 2. The molecule has 2 heterocycles. The van der Waals surface area contributed by atoms with E-state index >= 15 is 0 Å². The van der Waals surface area contributed by atoms with Gasteiger partial charge in [0.1, 0.15) is 24.3 Å². The lowest BCUT2D eigenvalue weighted by atomic mass is 10.1. The summed E-state index contributed by atoms with van der Waals surface area (Å²) in [6.07, 6.45) is 2.93. The fourth-order valence-corrected chi connectivity index (χ4v) is 3.59. The standard InChI is InChI=1S/C26H27N3O6/c1-3-10-27-26(32)20-14-35-24(28-20)13-29-21-12-18(8-9-23(21)34-16-25(29)31)22(30)15-33-19-7-5-6-17(4-2)11-19/h5-9,11-12,14H,3-4,10,13,15-16H2,1-2H3,(H,27,32). The summed E-state index contributed by atoms with van der Waals surface area (Å²) in [6.45, 7) is 4.23. The van der Waals surface area contributed by atoms with E-state index in [1.165, 1.54) is 11.2 Å². The van der Waals surface area contributed by atoms with Crippen molar-refractivity contribution in [2.24, 2.45) is 0 Å². The first-order chi connectivity index (χ1) is 17.0. The number of benzene rings is 2. The van der Waals surface area contributed by atoms with E-state index in [0.29, 0.717) is 29.3 Å². The number of nitrogens with one attached hydrogen (secondary N) is 1. The number of hydrogen-bond donors (Lipinski definition) is 1. The Bertz CT molecular complexity index is 1240. The van der Waals surface area contributed by atoms with E-state index in [1.54, 1.807) is 24.3 Å². The zero-order valence-corrected chi connectivity index (χ0v) is 19.7. The highest BCUT2D eigenvalue weighted by molar-refractivity contribution is 6.02. The van der Waals surface area contributed by atoms with Crippen LogP contribution in [-0.4, -0.2) is 42.3 Å². The van der Waals surface area contributed by atoms with Gasteiger partial charge < -0.3 is 19.2 Å². The van der Waals surface area contributed by atoms with Crippen LogP contribution in [0.5, 0.6) is 11.5 Å². The van der Waals surface area contributed by atoms with Gasteiger partial charge >= 0.3 is 0 Å². The van der Waals surface area contributed by atoms with Gasteiger partial charge in [-0.05, 0) is 48.7 Å². The van der Waals surface area contributed by atoms with Crippen molar-refractivity contribution in [3.63, 3.8) is 0 Å². The van der Waals surface area contributed by atoms with Gasteiger partial charge in [-0.1, -0.05) is 26.0 Å². The molecule has 0 spiro atoms. The van der Waals surface area contributed by atoms with E-state index in [4.69, 9.17) is 13.9 Å². The molecule has 4 rings (SSSR count). The van der Waals surface area contributed by atoms with Gasteiger partial charge in [0.15, 0.2) is 24.7 Å². The Morgan fingerprint density at radius 2 is 2.03 bits per heavy atom. The molecule has 9 heteroatoms. The molecule has 0 fully saturated rings. The van der Waals surface area contributed by atoms with E-state index in [-0.39, 0.29) is 48.9 Å². The molecule has 2 aromatic carbocycles. The summed E-state index contributed by atoms with van der Waals surface area (Å²) in [5, 5.41) is 2.73. The van der Waals surface area contributed by atoms with Crippen molar-refractivity contribution in [1.82, 2.24) is 10.3 Å². The molecule has 0 bridgehead atoms. The summed E-state index contributed by atoms with van der Waals surface area (Å²) >= 11 is 0. The maximum absolute atomic E-state index is 12.8. The molecular weight excluding hydrogens is 450 g/mol. The van der Waals surface area contributed by atoms with Crippen LogP contribution < -0.4 is 19.7 Å². The number of hydrogen-bond acceptors (Lipinski definition) is 7. The van der Waals surface area contributed by atoms with E-state index in [2.05, 4.69) is 10.3 Å². The van der Waals surface area contributed by atoms with E-state index in [0.717, 1.165) is 18.4 Å². The van der Waals surface area contributed by atoms with E-state index in [1.807, 2.05) is 32.0 Å². The number of oxazole rings is 1.